The second kappa shape index (κ2) is 7.29. The highest BCUT2D eigenvalue weighted by atomic mass is 32.1. The summed E-state index contributed by atoms with van der Waals surface area (Å²) >= 11 is 1.39. The minimum absolute atomic E-state index is 0.00198. The van der Waals surface area contributed by atoms with Crippen molar-refractivity contribution in [2.24, 2.45) is 0 Å². The lowest BCUT2D eigenvalue weighted by atomic mass is 10.1. The van der Waals surface area contributed by atoms with E-state index in [2.05, 4.69) is 11.1 Å². The monoisotopic (exact) mass is 372 g/mol. The van der Waals surface area contributed by atoms with Crippen molar-refractivity contribution in [2.75, 3.05) is 6.61 Å². The number of carbonyl (C=O) groups is 1. The summed E-state index contributed by atoms with van der Waals surface area (Å²) < 4.78 is 5.93. The Morgan fingerprint density at radius 1 is 1.27 bits per heavy atom. The van der Waals surface area contributed by atoms with Crippen molar-refractivity contribution < 1.29 is 9.53 Å². The van der Waals surface area contributed by atoms with Crippen LogP contribution >= 0.6 is 11.3 Å². The number of ether oxygens (including phenoxy) is 1. The fourth-order valence-corrected chi connectivity index (χ4v) is 4.14. The quantitative estimate of drug-likeness (QED) is 0.698. The molecule has 0 aliphatic rings. The molecule has 0 bridgehead atoms. The first-order chi connectivity index (χ1) is 12.4. The van der Waals surface area contributed by atoms with Gasteiger partial charge in [-0.1, -0.05) is 29.8 Å². The minimum atomic E-state index is -0.510. The highest BCUT2D eigenvalue weighted by Gasteiger charge is 2.17. The van der Waals surface area contributed by atoms with Crippen molar-refractivity contribution in [3.63, 3.8) is 0 Å². The number of aromatic amines is 1. The largest absolute Gasteiger partial charge is 0.466 e. The number of carbonyl (C=O) groups excluding carboxylic acids is 1. The molecule has 2 aromatic heterocycles. The van der Waals surface area contributed by atoms with E-state index in [4.69, 9.17) is 4.74 Å². The number of rotatable bonds is 5. The van der Waals surface area contributed by atoms with Gasteiger partial charge >= 0.3 is 11.7 Å². The summed E-state index contributed by atoms with van der Waals surface area (Å²) in [5, 5.41) is 0.495. The molecule has 3 aromatic rings. The fraction of sp³-hybridized carbons (Fsp3) is 0.316. The number of nitrogens with one attached hydrogen (secondary N) is 1. The topological polar surface area (TPSA) is 81.2 Å². The molecule has 0 aliphatic heterocycles. The standard InChI is InChI=1S/C19H20N2O4S/c1-4-25-14(22)8-9-21-18(23)15-12(3)16(26-17(15)20-19(21)24)13-7-5-6-11(2)10-13/h5-7,10H,4,8-9H2,1-3H3,(H,20,24). The van der Waals surface area contributed by atoms with Gasteiger partial charge in [-0.25, -0.2) is 4.79 Å². The fourth-order valence-electron chi connectivity index (χ4n) is 2.95. The third kappa shape index (κ3) is 3.35. The van der Waals surface area contributed by atoms with Gasteiger partial charge in [0.15, 0.2) is 0 Å². The van der Waals surface area contributed by atoms with Gasteiger partial charge in [-0.3, -0.25) is 19.1 Å². The van der Waals surface area contributed by atoms with Gasteiger partial charge in [0.05, 0.1) is 18.4 Å². The van der Waals surface area contributed by atoms with Crippen LogP contribution < -0.4 is 11.2 Å². The molecule has 0 atom stereocenters. The lowest BCUT2D eigenvalue weighted by Gasteiger charge is -2.05. The molecule has 0 saturated heterocycles. The molecule has 136 valence electrons. The summed E-state index contributed by atoms with van der Waals surface area (Å²) in [7, 11) is 0. The number of aryl methyl sites for hydroxylation is 2. The molecule has 0 spiro atoms. The zero-order valence-electron chi connectivity index (χ0n) is 14.9. The Balaban J connectivity index is 2.09. The number of aromatic nitrogens is 2. The first-order valence-corrected chi connectivity index (χ1v) is 9.23. The summed E-state index contributed by atoms with van der Waals surface area (Å²) in [4.78, 5) is 41.0. The highest BCUT2D eigenvalue weighted by molar-refractivity contribution is 7.22. The van der Waals surface area contributed by atoms with E-state index in [0.29, 0.717) is 10.2 Å². The number of esters is 1. The molecule has 0 amide bonds. The maximum atomic E-state index is 12.8. The molecule has 26 heavy (non-hydrogen) atoms. The maximum absolute atomic E-state index is 12.8. The third-order valence-corrected chi connectivity index (χ3v) is 5.45. The summed E-state index contributed by atoms with van der Waals surface area (Å²) in [5.74, 6) is -0.429. The van der Waals surface area contributed by atoms with Gasteiger partial charge in [-0.15, -0.1) is 11.3 Å². The average Bonchev–Trinajstić information content (AvgIpc) is 2.91. The van der Waals surface area contributed by atoms with Crippen molar-refractivity contribution >= 4 is 27.5 Å². The SMILES string of the molecule is CCOC(=O)CCn1c(=O)[nH]c2sc(-c3cccc(C)c3)c(C)c2c1=O. The van der Waals surface area contributed by atoms with E-state index >= 15 is 0 Å². The summed E-state index contributed by atoms with van der Waals surface area (Å²) in [6.07, 6.45) is -0.0176. The molecule has 2 heterocycles. The minimum Gasteiger partial charge on any atom is -0.466 e. The van der Waals surface area contributed by atoms with Crippen LogP contribution in [0, 0.1) is 13.8 Å². The average molecular weight is 372 g/mol. The van der Waals surface area contributed by atoms with Crippen molar-refractivity contribution in [3.05, 3.63) is 56.2 Å². The van der Waals surface area contributed by atoms with Gasteiger partial charge in [-0.2, -0.15) is 0 Å². The van der Waals surface area contributed by atoms with Crippen LogP contribution in [-0.2, 0) is 16.1 Å². The van der Waals surface area contributed by atoms with Crippen LogP contribution in [-0.4, -0.2) is 22.1 Å². The molecule has 3 rings (SSSR count). The molecular weight excluding hydrogens is 352 g/mol. The molecule has 0 saturated carbocycles. The number of thiophene rings is 1. The van der Waals surface area contributed by atoms with Gasteiger partial charge in [0.2, 0.25) is 0 Å². The van der Waals surface area contributed by atoms with E-state index in [1.165, 1.54) is 11.3 Å². The van der Waals surface area contributed by atoms with Gasteiger partial charge in [-0.05, 0) is 31.9 Å². The lowest BCUT2D eigenvalue weighted by molar-refractivity contribution is -0.143. The van der Waals surface area contributed by atoms with Gasteiger partial charge in [0.1, 0.15) is 4.83 Å². The van der Waals surface area contributed by atoms with E-state index in [9.17, 15) is 14.4 Å². The Labute approximate surface area is 154 Å². The summed E-state index contributed by atoms with van der Waals surface area (Å²) in [6.45, 7) is 5.87. The van der Waals surface area contributed by atoms with Crippen molar-refractivity contribution in [2.45, 2.75) is 33.7 Å². The van der Waals surface area contributed by atoms with E-state index in [0.717, 1.165) is 26.1 Å². The maximum Gasteiger partial charge on any atom is 0.329 e. The normalized spacial score (nSPS) is 11.0. The number of H-pyrrole nitrogens is 1. The molecule has 0 fully saturated rings. The number of hydrogen-bond acceptors (Lipinski definition) is 5. The van der Waals surface area contributed by atoms with Gasteiger partial charge in [0, 0.05) is 11.4 Å². The molecule has 0 radical (unpaired) electrons. The van der Waals surface area contributed by atoms with Crippen LogP contribution in [0.3, 0.4) is 0 Å². The molecule has 6 nitrogen and oxygen atoms in total. The Hall–Kier alpha value is -2.67. The summed E-state index contributed by atoms with van der Waals surface area (Å²) in [6, 6.07) is 8.02. The molecular formula is C19H20N2O4S. The first kappa shape index (κ1) is 18.1. The first-order valence-electron chi connectivity index (χ1n) is 8.41. The van der Waals surface area contributed by atoms with Crippen LogP contribution in [0.1, 0.15) is 24.5 Å². The molecule has 7 heteroatoms. The third-order valence-electron chi connectivity index (χ3n) is 4.20. The Morgan fingerprint density at radius 2 is 2.04 bits per heavy atom. The Morgan fingerprint density at radius 3 is 2.73 bits per heavy atom. The molecule has 0 unspecified atom stereocenters. The molecule has 1 N–H and O–H groups in total. The van der Waals surface area contributed by atoms with E-state index in [1.54, 1.807) is 6.92 Å². The van der Waals surface area contributed by atoms with E-state index in [-0.39, 0.29) is 25.1 Å². The van der Waals surface area contributed by atoms with Gasteiger partial charge in [0.25, 0.3) is 5.56 Å². The molecule has 0 aliphatic carbocycles. The second-order valence-electron chi connectivity index (χ2n) is 6.07. The second-order valence-corrected chi connectivity index (χ2v) is 7.09. The predicted molar refractivity (Wildman–Crippen MR) is 103 cm³/mol. The number of nitrogens with zero attached hydrogens (tertiary/aromatic N) is 1. The van der Waals surface area contributed by atoms with Crippen molar-refractivity contribution in [3.8, 4) is 10.4 Å². The van der Waals surface area contributed by atoms with Crippen LogP contribution in [0.15, 0.2) is 33.9 Å². The van der Waals surface area contributed by atoms with Crippen molar-refractivity contribution in [1.29, 1.82) is 0 Å². The van der Waals surface area contributed by atoms with Crippen molar-refractivity contribution in [1.82, 2.24) is 9.55 Å². The van der Waals surface area contributed by atoms with Crippen LogP contribution in [0.5, 0.6) is 0 Å². The summed E-state index contributed by atoms with van der Waals surface area (Å²) in [5.41, 5.74) is 2.09. The highest BCUT2D eigenvalue weighted by Crippen LogP contribution is 2.35. The lowest BCUT2D eigenvalue weighted by Crippen LogP contribution is -2.35. The van der Waals surface area contributed by atoms with E-state index in [1.807, 2.05) is 32.0 Å². The van der Waals surface area contributed by atoms with Crippen LogP contribution in [0.25, 0.3) is 20.7 Å². The molecule has 1 aromatic carbocycles. The Bertz CT molecular complexity index is 1090. The van der Waals surface area contributed by atoms with Gasteiger partial charge < -0.3 is 4.74 Å². The number of benzene rings is 1. The van der Waals surface area contributed by atoms with E-state index < -0.39 is 11.7 Å². The Kier molecular flexibility index (Phi) is 5.08. The zero-order chi connectivity index (χ0) is 18.8. The zero-order valence-corrected chi connectivity index (χ0v) is 15.7. The smallest absolute Gasteiger partial charge is 0.329 e. The number of hydrogen-bond donors (Lipinski definition) is 1. The number of fused-ring (bicyclic) bond motifs is 1. The van der Waals surface area contributed by atoms with Crippen LogP contribution in [0.4, 0.5) is 0 Å². The van der Waals surface area contributed by atoms with Crippen LogP contribution in [0.2, 0.25) is 0 Å². The predicted octanol–water partition coefficient (Wildman–Crippen LogP) is 2.99.